The molecule has 4 nitrogen and oxygen atoms in total. The molecule has 1 rings (SSSR count). The molecule has 0 radical (unpaired) electrons. The molecule has 0 atom stereocenters. The summed E-state index contributed by atoms with van der Waals surface area (Å²) >= 11 is 5.41. The van der Waals surface area contributed by atoms with Gasteiger partial charge in [-0.05, 0) is 64.6 Å². The van der Waals surface area contributed by atoms with Gasteiger partial charge in [0.25, 0.3) is 0 Å². The molecule has 0 saturated heterocycles. The lowest BCUT2D eigenvalue weighted by Gasteiger charge is -2.35. The Hall–Kier alpha value is -0.710. The van der Waals surface area contributed by atoms with Crippen LogP contribution in [0.25, 0.3) is 0 Å². The van der Waals surface area contributed by atoms with E-state index in [1.54, 1.807) is 0 Å². The zero-order chi connectivity index (χ0) is 15.2. The second kappa shape index (κ2) is 7.34. The van der Waals surface area contributed by atoms with E-state index >= 15 is 0 Å². The van der Waals surface area contributed by atoms with Crippen LogP contribution in [0.1, 0.15) is 66.7 Å². The van der Waals surface area contributed by atoms with E-state index in [9.17, 15) is 0 Å². The molecule has 1 aliphatic rings. The van der Waals surface area contributed by atoms with Gasteiger partial charge in [0.2, 0.25) is 0 Å². The molecule has 20 heavy (non-hydrogen) atoms. The lowest BCUT2D eigenvalue weighted by molar-refractivity contribution is 0.254. The first-order valence-corrected chi connectivity index (χ1v) is 8.13. The van der Waals surface area contributed by atoms with Gasteiger partial charge in [0.1, 0.15) is 0 Å². The molecule has 0 bridgehead atoms. The van der Waals surface area contributed by atoms with Crippen molar-refractivity contribution in [1.82, 2.24) is 10.6 Å². The second-order valence-electron chi connectivity index (χ2n) is 7.19. The van der Waals surface area contributed by atoms with Crippen LogP contribution in [0.3, 0.4) is 0 Å². The van der Waals surface area contributed by atoms with Crippen molar-refractivity contribution in [2.75, 3.05) is 6.54 Å². The first-order chi connectivity index (χ1) is 9.22. The van der Waals surface area contributed by atoms with Crippen LogP contribution < -0.4 is 10.6 Å². The molecule has 1 fully saturated rings. The van der Waals surface area contributed by atoms with Crippen LogP contribution in [0.4, 0.5) is 0 Å². The zero-order valence-corrected chi connectivity index (χ0v) is 14.4. The van der Waals surface area contributed by atoms with Gasteiger partial charge < -0.3 is 10.6 Å². The number of hydrogen-bond acceptors (Lipinski definition) is 3. The van der Waals surface area contributed by atoms with Crippen molar-refractivity contribution in [3.05, 3.63) is 0 Å². The Morgan fingerprint density at radius 1 is 1.20 bits per heavy atom. The van der Waals surface area contributed by atoms with Crippen LogP contribution in [-0.2, 0) is 0 Å². The minimum absolute atomic E-state index is 0.140. The van der Waals surface area contributed by atoms with Crippen LogP contribution in [0, 0.1) is 5.92 Å². The maximum atomic E-state index is 5.41. The standard InChI is InChI=1S/C15H30N4S/c1-12(2)11-16-13(20)17-15(9-7-6-8-10-15)19-18-14(3,4)5/h12H,6-11H2,1-5H3,(H2,16,17,20)/b19-18+. The van der Waals surface area contributed by atoms with Crippen LogP contribution >= 0.6 is 12.2 Å². The molecular weight excluding hydrogens is 268 g/mol. The Balaban J connectivity index is 2.68. The van der Waals surface area contributed by atoms with E-state index in [0.29, 0.717) is 11.0 Å². The fraction of sp³-hybridized carbons (Fsp3) is 0.933. The number of rotatable bonds is 4. The lowest BCUT2D eigenvalue weighted by atomic mass is 9.89. The molecule has 0 aromatic carbocycles. The highest BCUT2D eigenvalue weighted by molar-refractivity contribution is 7.80. The van der Waals surface area contributed by atoms with Crippen molar-refractivity contribution < 1.29 is 0 Å². The number of hydrogen-bond donors (Lipinski definition) is 2. The average Bonchev–Trinajstić information content (AvgIpc) is 2.34. The van der Waals surface area contributed by atoms with Crippen LogP contribution in [0.15, 0.2) is 10.2 Å². The van der Waals surface area contributed by atoms with E-state index in [4.69, 9.17) is 12.2 Å². The average molecular weight is 299 g/mol. The molecule has 1 saturated carbocycles. The third-order valence-electron chi connectivity index (χ3n) is 3.24. The van der Waals surface area contributed by atoms with Crippen LogP contribution in [0.2, 0.25) is 0 Å². The monoisotopic (exact) mass is 298 g/mol. The fourth-order valence-corrected chi connectivity index (χ4v) is 2.46. The summed E-state index contributed by atoms with van der Waals surface area (Å²) in [6.07, 6.45) is 5.67. The predicted octanol–water partition coefficient (Wildman–Crippen LogP) is 4.02. The second-order valence-corrected chi connectivity index (χ2v) is 7.60. The van der Waals surface area contributed by atoms with E-state index < -0.39 is 0 Å². The molecule has 0 aliphatic heterocycles. The van der Waals surface area contributed by atoms with E-state index in [-0.39, 0.29) is 11.2 Å². The van der Waals surface area contributed by atoms with Gasteiger partial charge in [-0.15, -0.1) is 0 Å². The Morgan fingerprint density at radius 2 is 1.80 bits per heavy atom. The molecule has 0 amide bonds. The number of nitrogens with zero attached hydrogens (tertiary/aromatic N) is 2. The highest BCUT2D eigenvalue weighted by atomic mass is 32.1. The smallest absolute Gasteiger partial charge is 0.168 e. The third-order valence-corrected chi connectivity index (χ3v) is 3.49. The van der Waals surface area contributed by atoms with Gasteiger partial charge >= 0.3 is 0 Å². The summed E-state index contributed by atoms with van der Waals surface area (Å²) in [4.78, 5) is 0. The maximum absolute atomic E-state index is 5.41. The summed E-state index contributed by atoms with van der Waals surface area (Å²) in [6, 6.07) is 0. The molecule has 0 heterocycles. The molecule has 0 aromatic heterocycles. The summed E-state index contributed by atoms with van der Waals surface area (Å²) in [5, 5.41) is 16.5. The summed E-state index contributed by atoms with van der Waals surface area (Å²) in [5.74, 6) is 0.577. The maximum Gasteiger partial charge on any atom is 0.168 e. The SMILES string of the molecule is CC(C)CNC(=S)NC1(/N=N/C(C)(C)C)CCCCC1. The largest absolute Gasteiger partial charge is 0.362 e. The molecule has 1 aliphatic carbocycles. The van der Waals surface area contributed by atoms with Crippen molar-refractivity contribution in [2.24, 2.45) is 16.1 Å². The van der Waals surface area contributed by atoms with Crippen molar-refractivity contribution >= 4 is 17.3 Å². The zero-order valence-electron chi connectivity index (χ0n) is 13.6. The van der Waals surface area contributed by atoms with Crippen molar-refractivity contribution in [3.8, 4) is 0 Å². The topological polar surface area (TPSA) is 48.8 Å². The first kappa shape index (κ1) is 17.3. The molecular formula is C15H30N4S. The van der Waals surface area contributed by atoms with Gasteiger partial charge in [-0.3, -0.25) is 0 Å². The van der Waals surface area contributed by atoms with Crippen LogP contribution in [0.5, 0.6) is 0 Å². The minimum Gasteiger partial charge on any atom is -0.362 e. The molecule has 2 N–H and O–H groups in total. The number of azo groups is 1. The Kier molecular flexibility index (Phi) is 6.37. The molecule has 116 valence electrons. The molecule has 0 spiro atoms. The fourth-order valence-electron chi connectivity index (χ4n) is 2.18. The third kappa shape index (κ3) is 6.64. The number of thiocarbonyl (C=S) groups is 1. The van der Waals surface area contributed by atoms with Gasteiger partial charge in [0, 0.05) is 6.54 Å². The highest BCUT2D eigenvalue weighted by Gasteiger charge is 2.33. The summed E-state index contributed by atoms with van der Waals surface area (Å²) in [6.45, 7) is 11.4. The molecule has 0 unspecified atom stereocenters. The van der Waals surface area contributed by atoms with Gasteiger partial charge in [-0.1, -0.05) is 20.3 Å². The summed E-state index contributed by atoms with van der Waals surface area (Å²) in [5.41, 5.74) is -0.439. The van der Waals surface area contributed by atoms with Crippen molar-refractivity contribution in [3.63, 3.8) is 0 Å². The summed E-state index contributed by atoms with van der Waals surface area (Å²) in [7, 11) is 0. The Bertz CT molecular complexity index is 338. The van der Waals surface area contributed by atoms with E-state index in [0.717, 1.165) is 19.4 Å². The predicted molar refractivity (Wildman–Crippen MR) is 89.0 cm³/mol. The van der Waals surface area contributed by atoms with Gasteiger partial charge in [-0.25, -0.2) is 0 Å². The van der Waals surface area contributed by atoms with Crippen molar-refractivity contribution in [2.45, 2.75) is 77.9 Å². The Morgan fingerprint density at radius 3 is 2.30 bits per heavy atom. The molecule has 5 heteroatoms. The summed E-state index contributed by atoms with van der Waals surface area (Å²) < 4.78 is 0. The van der Waals surface area contributed by atoms with Gasteiger partial charge in [0.15, 0.2) is 10.8 Å². The highest BCUT2D eigenvalue weighted by Crippen LogP contribution is 2.30. The van der Waals surface area contributed by atoms with E-state index in [2.05, 4.69) is 55.5 Å². The molecule has 0 aromatic rings. The van der Waals surface area contributed by atoms with Crippen LogP contribution in [-0.4, -0.2) is 22.9 Å². The number of nitrogens with one attached hydrogen (secondary N) is 2. The van der Waals surface area contributed by atoms with Crippen molar-refractivity contribution in [1.29, 1.82) is 0 Å². The van der Waals surface area contributed by atoms with Gasteiger partial charge in [0.05, 0.1) is 5.54 Å². The quantitative estimate of drug-likeness (QED) is 0.609. The van der Waals surface area contributed by atoms with E-state index in [1.807, 2.05) is 0 Å². The minimum atomic E-state index is -0.299. The Labute approximate surface area is 129 Å². The first-order valence-electron chi connectivity index (χ1n) is 7.72. The normalized spacial score (nSPS) is 19.3. The van der Waals surface area contributed by atoms with Gasteiger partial charge in [-0.2, -0.15) is 10.2 Å². The lowest BCUT2D eigenvalue weighted by Crippen LogP contribution is -2.52. The van der Waals surface area contributed by atoms with E-state index in [1.165, 1.54) is 19.3 Å².